The number of hydrogen-bond acceptors (Lipinski definition) is 2. The van der Waals surface area contributed by atoms with Gasteiger partial charge in [-0.15, -0.1) is 0 Å². The van der Waals surface area contributed by atoms with Crippen LogP contribution in [0.2, 0.25) is 0 Å². The summed E-state index contributed by atoms with van der Waals surface area (Å²) < 4.78 is 5.98. The molecule has 2 aromatic carbocycles. The van der Waals surface area contributed by atoms with Crippen LogP contribution in [0.5, 0.6) is 5.75 Å². The molecule has 2 N–H and O–H groups in total. The Hall–Kier alpha value is -1.80. The summed E-state index contributed by atoms with van der Waals surface area (Å²) in [5.74, 6) is 0.997. The van der Waals surface area contributed by atoms with Crippen molar-refractivity contribution in [2.75, 3.05) is 0 Å². The third kappa shape index (κ3) is 2.79. The van der Waals surface area contributed by atoms with Crippen molar-refractivity contribution in [2.45, 2.75) is 31.9 Å². The van der Waals surface area contributed by atoms with E-state index in [0.717, 1.165) is 25.0 Å². The Kier molecular flexibility index (Phi) is 3.51. The van der Waals surface area contributed by atoms with Crippen LogP contribution in [0.15, 0.2) is 48.5 Å². The monoisotopic (exact) mass is 253 g/mol. The van der Waals surface area contributed by atoms with Crippen molar-refractivity contribution in [2.24, 2.45) is 5.73 Å². The number of benzene rings is 2. The van der Waals surface area contributed by atoms with Gasteiger partial charge in [0.15, 0.2) is 0 Å². The van der Waals surface area contributed by atoms with Gasteiger partial charge in [0.1, 0.15) is 12.4 Å². The zero-order chi connectivity index (χ0) is 13.1. The van der Waals surface area contributed by atoms with Crippen LogP contribution in [0.25, 0.3) is 0 Å². The first-order valence-corrected chi connectivity index (χ1v) is 6.86. The molecule has 0 heterocycles. The molecule has 0 saturated carbocycles. The molecular formula is C17H19NO. The Morgan fingerprint density at radius 1 is 1.05 bits per heavy atom. The third-order valence-electron chi connectivity index (χ3n) is 3.72. The van der Waals surface area contributed by atoms with E-state index < -0.39 is 0 Å². The molecule has 0 aliphatic heterocycles. The minimum Gasteiger partial charge on any atom is -0.489 e. The van der Waals surface area contributed by atoms with Gasteiger partial charge in [0.2, 0.25) is 0 Å². The van der Waals surface area contributed by atoms with Crippen LogP contribution >= 0.6 is 0 Å². The fraction of sp³-hybridized carbons (Fsp3) is 0.294. The molecule has 0 saturated heterocycles. The third-order valence-corrected chi connectivity index (χ3v) is 3.72. The number of hydrogen-bond donors (Lipinski definition) is 1. The lowest BCUT2D eigenvalue weighted by Gasteiger charge is -2.23. The van der Waals surface area contributed by atoms with Crippen LogP contribution < -0.4 is 10.5 Å². The standard InChI is InChI=1S/C17H19NO/c18-15-10-9-14-7-4-8-17(16(14)11-15)19-12-13-5-2-1-3-6-13/h1-8,15H,9-12,18H2. The minimum atomic E-state index is 0.272. The van der Waals surface area contributed by atoms with E-state index in [-0.39, 0.29) is 6.04 Å². The molecule has 0 spiro atoms. The Bertz CT molecular complexity index is 550. The van der Waals surface area contributed by atoms with Gasteiger partial charge in [0.05, 0.1) is 0 Å². The SMILES string of the molecule is NC1CCc2cccc(OCc3ccccc3)c2C1. The zero-order valence-corrected chi connectivity index (χ0v) is 11.0. The van der Waals surface area contributed by atoms with Crippen molar-refractivity contribution < 1.29 is 4.74 Å². The first kappa shape index (κ1) is 12.2. The van der Waals surface area contributed by atoms with Gasteiger partial charge in [-0.3, -0.25) is 0 Å². The Morgan fingerprint density at radius 2 is 1.89 bits per heavy atom. The maximum Gasteiger partial charge on any atom is 0.123 e. The predicted molar refractivity (Wildman–Crippen MR) is 77.2 cm³/mol. The highest BCUT2D eigenvalue weighted by molar-refractivity contribution is 5.42. The summed E-state index contributed by atoms with van der Waals surface area (Å²) in [7, 11) is 0. The summed E-state index contributed by atoms with van der Waals surface area (Å²) in [6, 6.07) is 16.9. The predicted octanol–water partition coefficient (Wildman–Crippen LogP) is 3.08. The minimum absolute atomic E-state index is 0.272. The van der Waals surface area contributed by atoms with E-state index in [1.165, 1.54) is 16.7 Å². The summed E-state index contributed by atoms with van der Waals surface area (Å²) in [5, 5.41) is 0. The normalized spacial score (nSPS) is 17.8. The van der Waals surface area contributed by atoms with Crippen molar-refractivity contribution in [1.82, 2.24) is 0 Å². The molecule has 3 rings (SSSR count). The topological polar surface area (TPSA) is 35.2 Å². The van der Waals surface area contributed by atoms with Crippen molar-refractivity contribution in [3.63, 3.8) is 0 Å². The fourth-order valence-electron chi connectivity index (χ4n) is 2.65. The Morgan fingerprint density at radius 3 is 2.74 bits per heavy atom. The van der Waals surface area contributed by atoms with Gasteiger partial charge < -0.3 is 10.5 Å². The van der Waals surface area contributed by atoms with Crippen molar-refractivity contribution in [1.29, 1.82) is 0 Å². The maximum absolute atomic E-state index is 6.07. The Labute approximate surface area is 114 Å². The highest BCUT2D eigenvalue weighted by atomic mass is 16.5. The molecule has 1 atom stereocenters. The lowest BCUT2D eigenvalue weighted by Crippen LogP contribution is -2.28. The van der Waals surface area contributed by atoms with Gasteiger partial charge >= 0.3 is 0 Å². The molecule has 1 unspecified atom stereocenters. The molecule has 0 amide bonds. The van der Waals surface area contributed by atoms with Gasteiger partial charge in [0.25, 0.3) is 0 Å². The molecule has 2 heteroatoms. The van der Waals surface area contributed by atoms with Gasteiger partial charge in [-0.2, -0.15) is 0 Å². The van der Waals surface area contributed by atoms with Crippen LogP contribution in [-0.4, -0.2) is 6.04 Å². The fourth-order valence-corrected chi connectivity index (χ4v) is 2.65. The lowest BCUT2D eigenvalue weighted by atomic mass is 9.88. The molecule has 1 aliphatic carbocycles. The van der Waals surface area contributed by atoms with Crippen molar-refractivity contribution in [3.8, 4) is 5.75 Å². The van der Waals surface area contributed by atoms with E-state index in [1.54, 1.807) is 0 Å². The average Bonchev–Trinajstić information content (AvgIpc) is 2.46. The molecule has 0 aromatic heterocycles. The molecule has 98 valence electrons. The molecule has 2 aromatic rings. The van der Waals surface area contributed by atoms with Gasteiger partial charge in [-0.05, 0) is 42.0 Å². The number of aryl methyl sites for hydroxylation is 1. The largest absolute Gasteiger partial charge is 0.489 e. The molecule has 2 nitrogen and oxygen atoms in total. The van der Waals surface area contributed by atoms with E-state index in [9.17, 15) is 0 Å². The van der Waals surface area contributed by atoms with Gasteiger partial charge in [-0.1, -0.05) is 42.5 Å². The number of rotatable bonds is 3. The quantitative estimate of drug-likeness (QED) is 0.912. The summed E-state index contributed by atoms with van der Waals surface area (Å²) in [5.41, 5.74) is 9.96. The first-order chi connectivity index (χ1) is 9.33. The van der Waals surface area contributed by atoms with Crippen LogP contribution in [0, 0.1) is 0 Å². The van der Waals surface area contributed by atoms with Crippen LogP contribution in [0.3, 0.4) is 0 Å². The molecular weight excluding hydrogens is 234 g/mol. The highest BCUT2D eigenvalue weighted by Crippen LogP contribution is 2.29. The number of fused-ring (bicyclic) bond motifs is 1. The molecule has 0 fully saturated rings. The summed E-state index contributed by atoms with van der Waals surface area (Å²) in [6.45, 7) is 0.618. The zero-order valence-electron chi connectivity index (χ0n) is 11.0. The highest BCUT2D eigenvalue weighted by Gasteiger charge is 2.18. The van der Waals surface area contributed by atoms with E-state index in [4.69, 9.17) is 10.5 Å². The molecule has 1 aliphatic rings. The van der Waals surface area contributed by atoms with Gasteiger partial charge in [0, 0.05) is 6.04 Å². The first-order valence-electron chi connectivity index (χ1n) is 6.86. The van der Waals surface area contributed by atoms with Crippen molar-refractivity contribution in [3.05, 3.63) is 65.2 Å². The summed E-state index contributed by atoms with van der Waals surface area (Å²) in [6.07, 6.45) is 3.08. The van der Waals surface area contributed by atoms with Crippen LogP contribution in [0.4, 0.5) is 0 Å². The van der Waals surface area contributed by atoms with E-state index in [0.29, 0.717) is 6.61 Å². The molecule has 0 radical (unpaired) electrons. The van der Waals surface area contributed by atoms with Gasteiger partial charge in [-0.25, -0.2) is 0 Å². The smallest absolute Gasteiger partial charge is 0.123 e. The molecule has 0 bridgehead atoms. The van der Waals surface area contributed by atoms with E-state index in [2.05, 4.69) is 30.3 Å². The van der Waals surface area contributed by atoms with E-state index in [1.807, 2.05) is 18.2 Å². The second-order valence-corrected chi connectivity index (χ2v) is 5.17. The average molecular weight is 253 g/mol. The second-order valence-electron chi connectivity index (χ2n) is 5.17. The summed E-state index contributed by atoms with van der Waals surface area (Å²) in [4.78, 5) is 0. The summed E-state index contributed by atoms with van der Waals surface area (Å²) >= 11 is 0. The second kappa shape index (κ2) is 5.45. The lowest BCUT2D eigenvalue weighted by molar-refractivity contribution is 0.300. The van der Waals surface area contributed by atoms with Crippen LogP contribution in [0.1, 0.15) is 23.1 Å². The van der Waals surface area contributed by atoms with Crippen molar-refractivity contribution >= 4 is 0 Å². The number of ether oxygens (including phenoxy) is 1. The molecule has 19 heavy (non-hydrogen) atoms. The number of nitrogens with two attached hydrogens (primary N) is 1. The Balaban J connectivity index is 1.78. The maximum atomic E-state index is 6.07. The van der Waals surface area contributed by atoms with Crippen LogP contribution in [-0.2, 0) is 19.4 Å². The van der Waals surface area contributed by atoms with E-state index >= 15 is 0 Å².